The molecule has 0 bridgehead atoms. The van der Waals surface area contributed by atoms with Crippen molar-refractivity contribution in [2.75, 3.05) is 12.4 Å². The van der Waals surface area contributed by atoms with Gasteiger partial charge in [0.25, 0.3) is 0 Å². The molecule has 0 spiro atoms. The van der Waals surface area contributed by atoms with Crippen molar-refractivity contribution in [1.82, 2.24) is 5.32 Å². The Balaban J connectivity index is 1.99. The van der Waals surface area contributed by atoms with E-state index in [1.165, 1.54) is 0 Å². The first-order chi connectivity index (χ1) is 9.53. The first kappa shape index (κ1) is 15.7. The Bertz CT molecular complexity index is 461. The molecule has 0 radical (unpaired) electrons. The molecule has 1 N–H and O–H groups in total. The maximum atomic E-state index is 12.2. The summed E-state index contributed by atoms with van der Waals surface area (Å²) in [7, 11) is 0. The summed E-state index contributed by atoms with van der Waals surface area (Å²) in [6.07, 6.45) is 2.28. The Morgan fingerprint density at radius 1 is 1.45 bits per heavy atom. The van der Waals surface area contributed by atoms with Gasteiger partial charge < -0.3 is 4.74 Å². The van der Waals surface area contributed by atoms with Gasteiger partial charge in [0.05, 0.1) is 6.61 Å². The fourth-order valence-electron chi connectivity index (χ4n) is 1.89. The summed E-state index contributed by atoms with van der Waals surface area (Å²) in [6, 6.07) is 8.11. The molecule has 1 aliphatic rings. The van der Waals surface area contributed by atoms with Gasteiger partial charge in [-0.15, -0.1) is 11.8 Å². The van der Waals surface area contributed by atoms with E-state index in [2.05, 4.69) is 5.32 Å². The standard InChI is InChI=1S/C15H20ClNO2S/c1-3-19-14(18)15(2,17-12-6-7-12)10-20-13-8-4-11(16)5-9-13/h4-5,8-9,12,17H,3,6-7,10H2,1-2H3. The van der Waals surface area contributed by atoms with E-state index in [1.54, 1.807) is 11.8 Å². The number of carbonyl (C=O) groups is 1. The van der Waals surface area contributed by atoms with E-state index in [9.17, 15) is 4.79 Å². The second-order valence-corrected chi connectivity index (χ2v) is 6.70. The van der Waals surface area contributed by atoms with Crippen molar-refractivity contribution < 1.29 is 9.53 Å². The molecule has 0 saturated heterocycles. The smallest absolute Gasteiger partial charge is 0.326 e. The van der Waals surface area contributed by atoms with Gasteiger partial charge in [-0.05, 0) is 51.0 Å². The first-order valence-electron chi connectivity index (χ1n) is 6.87. The summed E-state index contributed by atoms with van der Waals surface area (Å²) in [6.45, 7) is 4.17. The van der Waals surface area contributed by atoms with Crippen LogP contribution in [0.1, 0.15) is 26.7 Å². The van der Waals surface area contributed by atoms with Gasteiger partial charge >= 0.3 is 5.97 Å². The van der Waals surface area contributed by atoms with E-state index in [0.29, 0.717) is 18.4 Å². The molecule has 0 amide bonds. The minimum Gasteiger partial charge on any atom is -0.465 e. The molecule has 1 saturated carbocycles. The molecule has 1 atom stereocenters. The summed E-state index contributed by atoms with van der Waals surface area (Å²) in [5, 5.41) is 4.13. The van der Waals surface area contributed by atoms with Crippen LogP contribution in [0, 0.1) is 0 Å². The van der Waals surface area contributed by atoms with Crippen LogP contribution in [0.3, 0.4) is 0 Å². The Kier molecular flexibility index (Phi) is 5.35. The highest BCUT2D eigenvalue weighted by atomic mass is 35.5. The average molecular weight is 314 g/mol. The summed E-state index contributed by atoms with van der Waals surface area (Å²) in [5.74, 6) is 0.470. The molecule has 1 unspecified atom stereocenters. The highest BCUT2D eigenvalue weighted by Crippen LogP contribution is 2.28. The second kappa shape index (κ2) is 6.83. The van der Waals surface area contributed by atoms with Crippen LogP contribution in [0.2, 0.25) is 5.02 Å². The van der Waals surface area contributed by atoms with Gasteiger partial charge in [-0.2, -0.15) is 0 Å². The van der Waals surface area contributed by atoms with E-state index in [4.69, 9.17) is 16.3 Å². The number of benzene rings is 1. The SMILES string of the molecule is CCOC(=O)C(C)(CSc1ccc(Cl)cc1)NC1CC1. The van der Waals surface area contributed by atoms with Crippen molar-refractivity contribution in [3.8, 4) is 0 Å². The second-order valence-electron chi connectivity index (χ2n) is 5.21. The lowest BCUT2D eigenvalue weighted by atomic mass is 10.1. The van der Waals surface area contributed by atoms with Gasteiger partial charge in [0.2, 0.25) is 0 Å². The van der Waals surface area contributed by atoms with Gasteiger partial charge in [0.15, 0.2) is 0 Å². The number of halogens is 1. The topological polar surface area (TPSA) is 38.3 Å². The van der Waals surface area contributed by atoms with E-state index in [0.717, 1.165) is 22.8 Å². The van der Waals surface area contributed by atoms with Gasteiger partial charge in [0, 0.05) is 21.7 Å². The number of hydrogen-bond donors (Lipinski definition) is 1. The molecular formula is C15H20ClNO2S. The lowest BCUT2D eigenvalue weighted by molar-refractivity contribution is -0.149. The number of thioether (sulfide) groups is 1. The van der Waals surface area contributed by atoms with Crippen molar-refractivity contribution in [3.05, 3.63) is 29.3 Å². The molecule has 1 aliphatic carbocycles. The van der Waals surface area contributed by atoms with Crippen LogP contribution in [-0.4, -0.2) is 29.9 Å². The molecule has 0 aliphatic heterocycles. The summed E-state index contributed by atoms with van der Waals surface area (Å²) < 4.78 is 5.21. The number of hydrogen-bond acceptors (Lipinski definition) is 4. The molecule has 1 fully saturated rings. The minimum absolute atomic E-state index is 0.173. The van der Waals surface area contributed by atoms with Crippen LogP contribution in [0.15, 0.2) is 29.2 Å². The van der Waals surface area contributed by atoms with E-state index in [1.807, 2.05) is 38.1 Å². The fourth-order valence-corrected chi connectivity index (χ4v) is 3.00. The predicted octanol–water partition coefficient (Wildman–Crippen LogP) is 3.51. The first-order valence-corrected chi connectivity index (χ1v) is 8.23. The molecule has 5 heteroatoms. The zero-order valence-corrected chi connectivity index (χ0v) is 13.4. The van der Waals surface area contributed by atoms with Crippen LogP contribution in [0.4, 0.5) is 0 Å². The number of esters is 1. The third-order valence-corrected chi connectivity index (χ3v) is 4.75. The number of rotatable bonds is 7. The molecule has 1 aromatic rings. The summed E-state index contributed by atoms with van der Waals surface area (Å²) >= 11 is 7.51. The largest absolute Gasteiger partial charge is 0.465 e. The predicted molar refractivity (Wildman–Crippen MR) is 83.4 cm³/mol. The third kappa shape index (κ3) is 4.40. The molecule has 3 nitrogen and oxygen atoms in total. The lowest BCUT2D eigenvalue weighted by Crippen LogP contribution is -2.53. The Labute approximate surface area is 129 Å². The summed E-state index contributed by atoms with van der Waals surface area (Å²) in [5.41, 5.74) is -0.637. The van der Waals surface area contributed by atoms with Crippen LogP contribution in [0.25, 0.3) is 0 Å². The Morgan fingerprint density at radius 3 is 2.65 bits per heavy atom. The monoisotopic (exact) mass is 313 g/mol. The number of ether oxygens (including phenoxy) is 1. The molecule has 0 aromatic heterocycles. The minimum atomic E-state index is -0.637. The number of carbonyl (C=O) groups excluding carboxylic acids is 1. The van der Waals surface area contributed by atoms with Crippen LogP contribution in [0.5, 0.6) is 0 Å². The van der Waals surface area contributed by atoms with E-state index >= 15 is 0 Å². The van der Waals surface area contributed by atoms with Crippen LogP contribution in [-0.2, 0) is 9.53 Å². The molecule has 20 heavy (non-hydrogen) atoms. The van der Waals surface area contributed by atoms with Gasteiger partial charge in [0.1, 0.15) is 5.54 Å². The maximum absolute atomic E-state index is 12.2. The van der Waals surface area contributed by atoms with Crippen molar-refractivity contribution in [2.45, 2.75) is 43.2 Å². The third-order valence-electron chi connectivity index (χ3n) is 3.17. The zero-order chi connectivity index (χ0) is 14.6. The quantitative estimate of drug-likeness (QED) is 0.617. The van der Waals surface area contributed by atoms with Crippen molar-refractivity contribution >= 4 is 29.3 Å². The maximum Gasteiger partial charge on any atom is 0.326 e. The van der Waals surface area contributed by atoms with Crippen LogP contribution >= 0.6 is 23.4 Å². The molecule has 0 heterocycles. The van der Waals surface area contributed by atoms with E-state index in [-0.39, 0.29) is 5.97 Å². The highest BCUT2D eigenvalue weighted by molar-refractivity contribution is 7.99. The van der Waals surface area contributed by atoms with Crippen molar-refractivity contribution in [2.24, 2.45) is 0 Å². The normalized spacial score (nSPS) is 17.6. The van der Waals surface area contributed by atoms with Gasteiger partial charge in [-0.3, -0.25) is 10.1 Å². The van der Waals surface area contributed by atoms with E-state index < -0.39 is 5.54 Å². The average Bonchev–Trinajstić information content (AvgIpc) is 3.22. The van der Waals surface area contributed by atoms with Gasteiger partial charge in [-0.25, -0.2) is 0 Å². The molecule has 1 aromatic carbocycles. The fraction of sp³-hybridized carbons (Fsp3) is 0.533. The highest BCUT2D eigenvalue weighted by Gasteiger charge is 2.39. The Morgan fingerprint density at radius 2 is 2.10 bits per heavy atom. The zero-order valence-electron chi connectivity index (χ0n) is 11.8. The Hall–Kier alpha value is -0.710. The summed E-state index contributed by atoms with van der Waals surface area (Å²) in [4.78, 5) is 13.3. The molecular weight excluding hydrogens is 294 g/mol. The van der Waals surface area contributed by atoms with Crippen molar-refractivity contribution in [1.29, 1.82) is 0 Å². The molecule has 2 rings (SSSR count). The van der Waals surface area contributed by atoms with Crippen molar-refractivity contribution in [3.63, 3.8) is 0 Å². The van der Waals surface area contributed by atoms with Crippen LogP contribution < -0.4 is 5.32 Å². The molecule has 110 valence electrons. The lowest BCUT2D eigenvalue weighted by Gasteiger charge is -2.28. The number of nitrogens with one attached hydrogen (secondary N) is 1. The van der Waals surface area contributed by atoms with Gasteiger partial charge in [-0.1, -0.05) is 11.6 Å².